The number of rotatable bonds is 2. The molecule has 0 aromatic heterocycles. The molecule has 0 saturated carbocycles. The second-order valence-electron chi connectivity index (χ2n) is 3.42. The van der Waals surface area contributed by atoms with Crippen LogP contribution in [0, 0.1) is 0 Å². The average molecular weight is 226 g/mol. The van der Waals surface area contributed by atoms with Crippen LogP contribution in [-0.2, 0) is 0 Å². The summed E-state index contributed by atoms with van der Waals surface area (Å²) < 4.78 is 1.18. The number of azo groups is 2. The zero-order valence-corrected chi connectivity index (χ0v) is 9.15. The van der Waals surface area contributed by atoms with Gasteiger partial charge in [0.1, 0.15) is 5.69 Å². The SMILES string of the molecule is NC(=O)[N+](=Nc1ccccc1)c1ccccc1. The van der Waals surface area contributed by atoms with Gasteiger partial charge in [-0.2, -0.15) is 4.79 Å². The number of nitrogens with two attached hydrogens (primary N) is 1. The van der Waals surface area contributed by atoms with Gasteiger partial charge in [0.05, 0.1) is 0 Å². The predicted molar refractivity (Wildman–Crippen MR) is 64.5 cm³/mol. The molecule has 2 rings (SSSR count). The van der Waals surface area contributed by atoms with E-state index in [1.54, 1.807) is 24.3 Å². The van der Waals surface area contributed by atoms with Crippen LogP contribution >= 0.6 is 0 Å². The second kappa shape index (κ2) is 5.03. The third-order valence-electron chi connectivity index (χ3n) is 2.18. The Morgan fingerprint density at radius 1 is 0.941 bits per heavy atom. The summed E-state index contributed by atoms with van der Waals surface area (Å²) in [4.78, 5) is 11.4. The van der Waals surface area contributed by atoms with Gasteiger partial charge >= 0.3 is 6.03 Å². The molecule has 0 aliphatic rings. The normalized spacial score (nSPS) is 11.2. The van der Waals surface area contributed by atoms with Crippen molar-refractivity contribution in [2.24, 2.45) is 10.8 Å². The molecule has 0 atom stereocenters. The van der Waals surface area contributed by atoms with E-state index in [9.17, 15) is 4.79 Å². The minimum Gasteiger partial charge on any atom is -0.249 e. The van der Waals surface area contributed by atoms with Crippen molar-refractivity contribution < 1.29 is 9.49 Å². The van der Waals surface area contributed by atoms with Crippen molar-refractivity contribution in [1.29, 1.82) is 0 Å². The van der Waals surface area contributed by atoms with Crippen molar-refractivity contribution in [3.05, 3.63) is 60.7 Å². The highest BCUT2D eigenvalue weighted by molar-refractivity contribution is 5.65. The number of amides is 2. The lowest BCUT2D eigenvalue weighted by Crippen LogP contribution is -2.21. The molecule has 4 nitrogen and oxygen atoms in total. The van der Waals surface area contributed by atoms with E-state index in [2.05, 4.69) is 5.11 Å². The van der Waals surface area contributed by atoms with Gasteiger partial charge in [-0.05, 0) is 24.3 Å². The molecule has 2 aromatic carbocycles. The van der Waals surface area contributed by atoms with Crippen LogP contribution < -0.4 is 5.73 Å². The number of carbonyl (C=O) groups is 1. The van der Waals surface area contributed by atoms with Crippen molar-refractivity contribution in [1.82, 2.24) is 0 Å². The van der Waals surface area contributed by atoms with E-state index in [4.69, 9.17) is 5.73 Å². The third kappa shape index (κ3) is 2.75. The Morgan fingerprint density at radius 2 is 1.47 bits per heavy atom. The van der Waals surface area contributed by atoms with Gasteiger partial charge in [-0.1, -0.05) is 46.2 Å². The van der Waals surface area contributed by atoms with Gasteiger partial charge in [0.2, 0.25) is 0 Å². The Bertz CT molecular complexity index is 535. The third-order valence-corrected chi connectivity index (χ3v) is 2.18. The van der Waals surface area contributed by atoms with Gasteiger partial charge in [-0.25, -0.2) is 5.73 Å². The Balaban J connectivity index is 2.44. The molecular formula is C13H12N3O+. The highest BCUT2D eigenvalue weighted by atomic mass is 16.2. The van der Waals surface area contributed by atoms with Crippen molar-refractivity contribution in [3.8, 4) is 0 Å². The number of para-hydroxylation sites is 1. The maximum Gasteiger partial charge on any atom is 0.515 e. The molecule has 0 aliphatic heterocycles. The fourth-order valence-electron chi connectivity index (χ4n) is 1.41. The quantitative estimate of drug-likeness (QED) is 0.620. The summed E-state index contributed by atoms with van der Waals surface area (Å²) in [5, 5.41) is 4.19. The maximum absolute atomic E-state index is 11.4. The van der Waals surface area contributed by atoms with Gasteiger partial charge in [0.15, 0.2) is 5.69 Å². The first-order chi connectivity index (χ1) is 8.27. The molecule has 0 saturated heterocycles. The highest BCUT2D eigenvalue weighted by Crippen LogP contribution is 2.16. The molecule has 2 aromatic rings. The number of carbonyl (C=O) groups excluding carboxylic acids is 1. The Kier molecular flexibility index (Phi) is 3.25. The highest BCUT2D eigenvalue weighted by Gasteiger charge is 2.14. The number of hydrogen-bond acceptors (Lipinski definition) is 2. The average Bonchev–Trinajstić information content (AvgIpc) is 2.38. The molecule has 4 heteroatoms. The van der Waals surface area contributed by atoms with Gasteiger partial charge in [0, 0.05) is 0 Å². The van der Waals surface area contributed by atoms with Gasteiger partial charge < -0.3 is 0 Å². The number of benzene rings is 2. The zero-order valence-electron chi connectivity index (χ0n) is 9.15. The second-order valence-corrected chi connectivity index (χ2v) is 3.42. The van der Waals surface area contributed by atoms with E-state index in [1.807, 2.05) is 36.4 Å². The van der Waals surface area contributed by atoms with Crippen molar-refractivity contribution in [2.45, 2.75) is 0 Å². The first kappa shape index (κ1) is 11.0. The van der Waals surface area contributed by atoms with Crippen LogP contribution in [0.5, 0.6) is 0 Å². The van der Waals surface area contributed by atoms with Crippen molar-refractivity contribution >= 4 is 17.4 Å². The standard InChI is InChI=1S/C13H11N3O/c14-13(17)16(12-9-5-2-6-10-12)15-11-7-3-1-4-8-11/h1-10H,(H-,14,17)/p+1. The molecule has 2 amide bonds. The monoisotopic (exact) mass is 226 g/mol. The topological polar surface area (TPSA) is 58.5 Å². The predicted octanol–water partition coefficient (Wildman–Crippen LogP) is 3.19. The largest absolute Gasteiger partial charge is 0.515 e. The Hall–Kier alpha value is -2.49. The van der Waals surface area contributed by atoms with Crippen LogP contribution in [0.2, 0.25) is 0 Å². The molecule has 0 bridgehead atoms. The lowest BCUT2D eigenvalue weighted by Gasteiger charge is -1.98. The van der Waals surface area contributed by atoms with Crippen LogP contribution in [-0.4, -0.2) is 10.7 Å². The van der Waals surface area contributed by atoms with E-state index in [-0.39, 0.29) is 0 Å². The molecule has 0 radical (unpaired) electrons. The minimum atomic E-state index is -0.611. The molecule has 2 N–H and O–H groups in total. The zero-order chi connectivity index (χ0) is 12.1. The molecule has 0 aliphatic carbocycles. The maximum atomic E-state index is 11.4. The summed E-state index contributed by atoms with van der Waals surface area (Å²) in [5.41, 5.74) is 6.63. The first-order valence-electron chi connectivity index (χ1n) is 5.18. The fraction of sp³-hybridized carbons (Fsp3) is 0. The van der Waals surface area contributed by atoms with Gasteiger partial charge in [0.25, 0.3) is 0 Å². The van der Waals surface area contributed by atoms with Crippen LogP contribution in [0.4, 0.5) is 16.2 Å². The van der Waals surface area contributed by atoms with Gasteiger partial charge in [-0.3, -0.25) is 0 Å². The summed E-state index contributed by atoms with van der Waals surface area (Å²) in [5.74, 6) is 0. The molecule has 0 unspecified atom stereocenters. The van der Waals surface area contributed by atoms with Crippen molar-refractivity contribution in [3.63, 3.8) is 0 Å². The lowest BCUT2D eigenvalue weighted by atomic mass is 10.3. The van der Waals surface area contributed by atoms with E-state index in [1.165, 1.54) is 4.70 Å². The number of hydrogen-bond donors (Lipinski definition) is 1. The number of nitrogens with zero attached hydrogens (tertiary/aromatic N) is 2. The summed E-state index contributed by atoms with van der Waals surface area (Å²) >= 11 is 0. The molecule has 0 fully saturated rings. The van der Waals surface area contributed by atoms with Crippen LogP contribution in [0.15, 0.2) is 65.8 Å². The molecular weight excluding hydrogens is 214 g/mol. The van der Waals surface area contributed by atoms with Crippen LogP contribution in [0.25, 0.3) is 0 Å². The van der Waals surface area contributed by atoms with E-state index in [0.717, 1.165) is 0 Å². The molecule has 17 heavy (non-hydrogen) atoms. The Morgan fingerprint density at radius 3 is 2.00 bits per heavy atom. The minimum absolute atomic E-state index is 0.611. The molecule has 0 spiro atoms. The van der Waals surface area contributed by atoms with Crippen LogP contribution in [0.3, 0.4) is 0 Å². The summed E-state index contributed by atoms with van der Waals surface area (Å²) in [6.07, 6.45) is 0. The van der Waals surface area contributed by atoms with E-state index >= 15 is 0 Å². The smallest absolute Gasteiger partial charge is 0.249 e. The van der Waals surface area contributed by atoms with Gasteiger partial charge in [-0.15, -0.1) is 0 Å². The first-order valence-corrected chi connectivity index (χ1v) is 5.18. The van der Waals surface area contributed by atoms with E-state index in [0.29, 0.717) is 11.4 Å². The number of primary amides is 1. The lowest BCUT2D eigenvalue weighted by molar-refractivity contribution is -0.403. The summed E-state index contributed by atoms with van der Waals surface area (Å²) in [7, 11) is 0. The van der Waals surface area contributed by atoms with E-state index < -0.39 is 6.03 Å². The molecule has 0 heterocycles. The summed E-state index contributed by atoms with van der Waals surface area (Å²) in [6, 6.07) is 17.6. The van der Waals surface area contributed by atoms with Crippen LogP contribution in [0.1, 0.15) is 0 Å². The fourth-order valence-corrected chi connectivity index (χ4v) is 1.41. The van der Waals surface area contributed by atoms with Crippen molar-refractivity contribution in [2.75, 3.05) is 0 Å². The summed E-state index contributed by atoms with van der Waals surface area (Å²) in [6.45, 7) is 0. The Labute approximate surface area is 99.0 Å². The number of urea groups is 1. The molecule has 84 valence electrons.